The molecule has 2 unspecified atom stereocenters. The second-order valence-electron chi connectivity index (χ2n) is 2.31. The summed E-state index contributed by atoms with van der Waals surface area (Å²) in [6.45, 7) is 3.71. The Morgan fingerprint density at radius 1 is 1.64 bits per heavy atom. The minimum atomic E-state index is -0.306. The van der Waals surface area contributed by atoms with Crippen LogP contribution in [0.3, 0.4) is 0 Å². The molecule has 0 saturated carbocycles. The van der Waals surface area contributed by atoms with Crippen molar-refractivity contribution in [3.8, 4) is 0 Å². The molecule has 11 heavy (non-hydrogen) atoms. The average Bonchev–Trinajstić information content (AvgIpc) is 1.99. The van der Waals surface area contributed by atoms with Gasteiger partial charge in [-0.1, -0.05) is 30.1 Å². The summed E-state index contributed by atoms with van der Waals surface area (Å²) in [5.74, 6) is 0.664. The first-order valence-electron chi connectivity index (χ1n) is 3.32. The number of halogens is 2. The Morgan fingerprint density at radius 2 is 2.18 bits per heavy atom. The molecule has 0 aliphatic carbocycles. The quantitative estimate of drug-likeness (QED) is 0.778. The highest BCUT2D eigenvalue weighted by Gasteiger charge is 2.08. The molecule has 0 spiro atoms. The SMILES string of the molecule is CC(O)C(C)SC/C(Cl)=C/Cl. The maximum absolute atomic E-state index is 9.09. The smallest absolute Gasteiger partial charge is 0.0628 e. The van der Waals surface area contributed by atoms with Crippen LogP contribution in [0, 0.1) is 0 Å². The van der Waals surface area contributed by atoms with E-state index >= 15 is 0 Å². The summed E-state index contributed by atoms with van der Waals surface area (Å²) in [5.41, 5.74) is 1.35. The number of hydrogen-bond acceptors (Lipinski definition) is 2. The standard InChI is InChI=1S/C7H12Cl2OS/c1-5(10)6(2)11-4-7(9)3-8/h3,5-6,10H,4H2,1-2H3/b7-3-. The molecule has 0 aliphatic rings. The van der Waals surface area contributed by atoms with Crippen LogP contribution < -0.4 is 0 Å². The van der Waals surface area contributed by atoms with E-state index in [1.165, 1.54) is 5.54 Å². The molecule has 1 N–H and O–H groups in total. The van der Waals surface area contributed by atoms with Crippen molar-refractivity contribution in [2.24, 2.45) is 0 Å². The molecule has 0 aromatic heterocycles. The molecule has 0 rings (SSSR count). The minimum absolute atomic E-state index is 0.195. The van der Waals surface area contributed by atoms with Crippen molar-refractivity contribution in [2.75, 3.05) is 5.75 Å². The van der Waals surface area contributed by atoms with E-state index in [4.69, 9.17) is 28.3 Å². The van der Waals surface area contributed by atoms with E-state index in [0.717, 1.165) is 0 Å². The molecule has 0 aromatic carbocycles. The fraction of sp³-hybridized carbons (Fsp3) is 0.714. The van der Waals surface area contributed by atoms with E-state index in [2.05, 4.69) is 0 Å². The Balaban J connectivity index is 3.54. The van der Waals surface area contributed by atoms with E-state index in [0.29, 0.717) is 10.8 Å². The second-order valence-corrected chi connectivity index (χ2v) is 4.38. The molecule has 0 heterocycles. The Bertz CT molecular complexity index is 136. The Hall–Kier alpha value is 0.630. The van der Waals surface area contributed by atoms with E-state index in [1.54, 1.807) is 18.7 Å². The van der Waals surface area contributed by atoms with Crippen molar-refractivity contribution in [1.29, 1.82) is 0 Å². The highest BCUT2D eigenvalue weighted by atomic mass is 35.5. The number of rotatable bonds is 4. The molecular weight excluding hydrogens is 203 g/mol. The predicted molar refractivity (Wildman–Crippen MR) is 53.4 cm³/mol. The van der Waals surface area contributed by atoms with E-state index < -0.39 is 0 Å². The third-order valence-electron chi connectivity index (χ3n) is 1.28. The van der Waals surface area contributed by atoms with Gasteiger partial charge in [-0.25, -0.2) is 0 Å². The molecular formula is C7H12Cl2OS. The van der Waals surface area contributed by atoms with Gasteiger partial charge in [0.15, 0.2) is 0 Å². The third kappa shape index (κ3) is 5.85. The zero-order valence-corrected chi connectivity index (χ0v) is 8.88. The lowest BCUT2D eigenvalue weighted by Crippen LogP contribution is -2.15. The van der Waals surface area contributed by atoms with Crippen molar-refractivity contribution in [3.63, 3.8) is 0 Å². The summed E-state index contributed by atoms with van der Waals surface area (Å²) >= 11 is 12.6. The fourth-order valence-corrected chi connectivity index (χ4v) is 1.52. The molecule has 0 amide bonds. The van der Waals surface area contributed by atoms with Crippen LogP contribution in [0.4, 0.5) is 0 Å². The normalized spacial score (nSPS) is 18.1. The van der Waals surface area contributed by atoms with Crippen molar-refractivity contribution >= 4 is 35.0 Å². The van der Waals surface area contributed by atoms with Gasteiger partial charge in [-0.2, -0.15) is 11.8 Å². The first kappa shape index (κ1) is 11.6. The molecule has 0 saturated heterocycles. The highest BCUT2D eigenvalue weighted by molar-refractivity contribution is 8.00. The van der Waals surface area contributed by atoms with Gasteiger partial charge in [0.1, 0.15) is 0 Å². The van der Waals surface area contributed by atoms with Crippen LogP contribution in [0.1, 0.15) is 13.8 Å². The van der Waals surface area contributed by atoms with Gasteiger partial charge in [0.2, 0.25) is 0 Å². The molecule has 0 aromatic rings. The zero-order valence-electron chi connectivity index (χ0n) is 6.55. The largest absolute Gasteiger partial charge is 0.392 e. The maximum atomic E-state index is 9.09. The molecule has 0 fully saturated rings. The van der Waals surface area contributed by atoms with Crippen LogP contribution in [-0.4, -0.2) is 22.2 Å². The van der Waals surface area contributed by atoms with Crippen LogP contribution in [0.5, 0.6) is 0 Å². The Morgan fingerprint density at radius 3 is 2.55 bits per heavy atom. The van der Waals surface area contributed by atoms with Gasteiger partial charge in [-0.05, 0) is 6.92 Å². The van der Waals surface area contributed by atoms with Crippen LogP contribution in [0.2, 0.25) is 0 Å². The van der Waals surface area contributed by atoms with E-state index in [9.17, 15) is 0 Å². The molecule has 0 radical (unpaired) electrons. The molecule has 0 aliphatic heterocycles. The van der Waals surface area contributed by atoms with Crippen LogP contribution >= 0.6 is 35.0 Å². The van der Waals surface area contributed by atoms with Gasteiger partial charge in [0.25, 0.3) is 0 Å². The topological polar surface area (TPSA) is 20.2 Å². The number of aliphatic hydroxyl groups excluding tert-OH is 1. The van der Waals surface area contributed by atoms with Gasteiger partial charge >= 0.3 is 0 Å². The van der Waals surface area contributed by atoms with Crippen molar-refractivity contribution in [1.82, 2.24) is 0 Å². The molecule has 66 valence electrons. The third-order valence-corrected chi connectivity index (χ3v) is 3.46. The monoisotopic (exact) mass is 214 g/mol. The first-order chi connectivity index (χ1) is 5.07. The number of hydrogen-bond donors (Lipinski definition) is 1. The van der Waals surface area contributed by atoms with Crippen molar-refractivity contribution < 1.29 is 5.11 Å². The van der Waals surface area contributed by atoms with Crippen molar-refractivity contribution in [2.45, 2.75) is 25.2 Å². The highest BCUT2D eigenvalue weighted by Crippen LogP contribution is 2.19. The van der Waals surface area contributed by atoms with Gasteiger partial charge in [-0.15, -0.1) is 0 Å². The summed E-state index contributed by atoms with van der Waals surface area (Å²) in [4.78, 5) is 0. The summed E-state index contributed by atoms with van der Waals surface area (Å²) in [6.07, 6.45) is -0.306. The molecule has 0 bridgehead atoms. The van der Waals surface area contributed by atoms with Crippen LogP contribution in [0.25, 0.3) is 0 Å². The lowest BCUT2D eigenvalue weighted by atomic mass is 10.3. The summed E-state index contributed by atoms with van der Waals surface area (Å²) in [7, 11) is 0. The summed E-state index contributed by atoms with van der Waals surface area (Å²) in [5, 5.41) is 9.90. The number of thioether (sulfide) groups is 1. The van der Waals surface area contributed by atoms with Gasteiger partial charge in [0, 0.05) is 21.6 Å². The first-order valence-corrected chi connectivity index (χ1v) is 5.18. The summed E-state index contributed by atoms with van der Waals surface area (Å²) < 4.78 is 0. The minimum Gasteiger partial charge on any atom is -0.392 e. The lowest BCUT2D eigenvalue weighted by molar-refractivity contribution is 0.196. The van der Waals surface area contributed by atoms with Crippen LogP contribution in [0.15, 0.2) is 10.6 Å². The number of aliphatic hydroxyl groups is 1. The van der Waals surface area contributed by atoms with Gasteiger partial charge in [0.05, 0.1) is 6.10 Å². The molecule has 2 atom stereocenters. The van der Waals surface area contributed by atoms with Gasteiger partial charge < -0.3 is 5.11 Å². The Labute approximate surface area is 81.8 Å². The van der Waals surface area contributed by atoms with E-state index in [-0.39, 0.29) is 11.4 Å². The second kappa shape index (κ2) is 6.18. The average molecular weight is 215 g/mol. The summed E-state index contributed by atoms with van der Waals surface area (Å²) in [6, 6.07) is 0. The van der Waals surface area contributed by atoms with Crippen LogP contribution in [-0.2, 0) is 0 Å². The maximum Gasteiger partial charge on any atom is 0.0628 e. The van der Waals surface area contributed by atoms with Crippen molar-refractivity contribution in [3.05, 3.63) is 10.6 Å². The zero-order chi connectivity index (χ0) is 8.85. The lowest BCUT2D eigenvalue weighted by Gasteiger charge is -2.12. The Kier molecular flexibility index (Phi) is 6.53. The molecule has 1 nitrogen and oxygen atoms in total. The molecule has 4 heteroatoms. The predicted octanol–water partition coefficient (Wildman–Crippen LogP) is 2.81. The van der Waals surface area contributed by atoms with Gasteiger partial charge in [-0.3, -0.25) is 0 Å². The fourth-order valence-electron chi connectivity index (χ4n) is 0.382. The van der Waals surface area contributed by atoms with E-state index in [1.807, 2.05) is 6.92 Å².